The molecule has 13 heteroatoms. The van der Waals surface area contributed by atoms with E-state index in [-0.39, 0.29) is 18.0 Å². The van der Waals surface area contributed by atoms with E-state index in [4.69, 9.17) is 16.3 Å². The van der Waals surface area contributed by atoms with Crippen molar-refractivity contribution in [2.24, 2.45) is 0 Å². The number of nitrogens with zero attached hydrogens (tertiary/aromatic N) is 4. The number of amides is 1. The van der Waals surface area contributed by atoms with E-state index in [0.29, 0.717) is 43.2 Å². The molecule has 3 aromatic rings. The first-order valence-corrected chi connectivity index (χ1v) is 16.7. The van der Waals surface area contributed by atoms with E-state index < -0.39 is 25.7 Å². The Morgan fingerprint density at radius 2 is 2.00 bits per heavy atom. The second kappa shape index (κ2) is 12.0. The summed E-state index contributed by atoms with van der Waals surface area (Å²) in [4.78, 5) is 19.7. The summed E-state index contributed by atoms with van der Waals surface area (Å²) in [6, 6.07) is 9.99. The van der Waals surface area contributed by atoms with Crippen LogP contribution >= 0.6 is 11.6 Å². The number of halogens is 3. The van der Waals surface area contributed by atoms with Gasteiger partial charge in [0.1, 0.15) is 18.3 Å². The lowest BCUT2D eigenvalue weighted by Crippen LogP contribution is -2.24. The Balaban J connectivity index is 1.56. The third kappa shape index (κ3) is 8.21. The third-order valence-electron chi connectivity index (χ3n) is 6.14. The quantitative estimate of drug-likeness (QED) is 0.182. The van der Waals surface area contributed by atoms with E-state index in [1.54, 1.807) is 16.9 Å². The molecule has 0 aliphatic carbocycles. The highest BCUT2D eigenvalue weighted by Gasteiger charge is 2.28. The van der Waals surface area contributed by atoms with Crippen molar-refractivity contribution in [3.63, 3.8) is 0 Å². The van der Waals surface area contributed by atoms with Crippen molar-refractivity contribution in [2.45, 2.75) is 50.5 Å². The van der Waals surface area contributed by atoms with Gasteiger partial charge in [-0.15, -0.1) is 8.78 Å². The first-order chi connectivity index (χ1) is 18.4. The first-order valence-electron chi connectivity index (χ1n) is 12.6. The molecular formula is C26H32ClF2N5O4Si. The minimum Gasteiger partial charge on any atom is -0.420 e. The van der Waals surface area contributed by atoms with Crippen LogP contribution < -0.4 is 15.0 Å². The number of aromatic nitrogens is 3. The van der Waals surface area contributed by atoms with Crippen LogP contribution in [0.15, 0.2) is 48.8 Å². The zero-order valence-electron chi connectivity index (χ0n) is 22.0. The molecule has 210 valence electrons. The van der Waals surface area contributed by atoms with Gasteiger partial charge in [0.15, 0.2) is 0 Å². The zero-order chi connectivity index (χ0) is 28.2. The van der Waals surface area contributed by atoms with Crippen molar-refractivity contribution < 1.29 is 28.2 Å². The van der Waals surface area contributed by atoms with Crippen molar-refractivity contribution in [3.8, 4) is 17.0 Å². The van der Waals surface area contributed by atoms with E-state index >= 15 is 0 Å². The van der Waals surface area contributed by atoms with Crippen LogP contribution in [0.2, 0.25) is 25.7 Å². The molecule has 0 spiro atoms. The van der Waals surface area contributed by atoms with Crippen LogP contribution in [0.1, 0.15) is 16.8 Å². The number of carbonyl (C=O) groups excluding carboxylic acids is 1. The maximum absolute atomic E-state index is 13.1. The third-order valence-corrected chi connectivity index (χ3v) is 7.92. The minimum absolute atomic E-state index is 0.144. The highest BCUT2D eigenvalue weighted by atomic mass is 35.5. The van der Waals surface area contributed by atoms with Gasteiger partial charge in [-0.3, -0.25) is 4.79 Å². The molecule has 0 saturated carbocycles. The molecule has 2 aromatic heterocycles. The van der Waals surface area contributed by atoms with E-state index in [2.05, 4.69) is 39.8 Å². The lowest BCUT2D eigenvalue weighted by atomic mass is 10.1. The summed E-state index contributed by atoms with van der Waals surface area (Å²) in [5.74, 6) is 0.0513. The molecular weight excluding hydrogens is 548 g/mol. The van der Waals surface area contributed by atoms with Crippen molar-refractivity contribution in [3.05, 3.63) is 54.4 Å². The van der Waals surface area contributed by atoms with Gasteiger partial charge in [-0.05, 0) is 48.9 Å². The fourth-order valence-electron chi connectivity index (χ4n) is 4.09. The largest absolute Gasteiger partial charge is 0.487 e. The Hall–Kier alpha value is -3.06. The van der Waals surface area contributed by atoms with E-state index in [0.717, 1.165) is 11.7 Å². The summed E-state index contributed by atoms with van der Waals surface area (Å²) < 4.78 is 37.7. The number of anilines is 2. The summed E-state index contributed by atoms with van der Waals surface area (Å²) in [6.45, 7) is 8.80. The van der Waals surface area contributed by atoms with Gasteiger partial charge in [0, 0.05) is 63.0 Å². The molecule has 9 nitrogen and oxygen atoms in total. The number of carbonyl (C=O) groups is 1. The van der Waals surface area contributed by atoms with Gasteiger partial charge in [0.2, 0.25) is 0 Å². The Bertz CT molecular complexity index is 1280. The molecule has 1 unspecified atom stereocenters. The average Bonchev–Trinajstić information content (AvgIpc) is 3.50. The summed E-state index contributed by atoms with van der Waals surface area (Å²) >= 11 is 4.80. The Kier molecular flexibility index (Phi) is 8.89. The summed E-state index contributed by atoms with van der Waals surface area (Å²) in [5.41, 5.74) is -1.76. The molecule has 1 aromatic carbocycles. The lowest BCUT2D eigenvalue weighted by Gasteiger charge is -2.21. The van der Waals surface area contributed by atoms with E-state index in [9.17, 15) is 18.7 Å². The van der Waals surface area contributed by atoms with Crippen LogP contribution in [0.3, 0.4) is 0 Å². The van der Waals surface area contributed by atoms with E-state index in [1.807, 2.05) is 11.0 Å². The number of rotatable bonds is 11. The van der Waals surface area contributed by atoms with Crippen molar-refractivity contribution in [1.29, 1.82) is 0 Å². The number of hydrogen-bond acceptors (Lipinski definition) is 7. The van der Waals surface area contributed by atoms with Gasteiger partial charge in [0.05, 0.1) is 17.4 Å². The lowest BCUT2D eigenvalue weighted by molar-refractivity contribution is -0.0964. The maximum atomic E-state index is 13.1. The Morgan fingerprint density at radius 3 is 2.64 bits per heavy atom. The number of hydrogen-bond donors (Lipinski definition) is 2. The summed E-state index contributed by atoms with van der Waals surface area (Å²) in [6.07, 6.45) is 3.30. The number of alkyl halides is 3. The average molecular weight is 580 g/mol. The SMILES string of the molecule is C[Si](C)(C)CCOCn1nccc1-c1cc(C(=O)Nc2ccc(OC(F)(F)Cl)cc2)cnc1N1CCC(O)C1. The number of aliphatic hydroxyl groups excluding tert-OH is 1. The topological polar surface area (TPSA) is 102 Å². The molecule has 1 aliphatic heterocycles. The van der Waals surface area contributed by atoms with Gasteiger partial charge < -0.3 is 24.8 Å². The Labute approximate surface area is 231 Å². The molecule has 4 rings (SSSR count). The molecule has 2 N–H and O–H groups in total. The molecule has 3 heterocycles. The minimum atomic E-state index is -3.83. The fourth-order valence-corrected chi connectivity index (χ4v) is 4.94. The van der Waals surface area contributed by atoms with Crippen LogP contribution in [-0.4, -0.2) is 65.2 Å². The second-order valence-corrected chi connectivity index (χ2v) is 16.6. The number of benzene rings is 1. The van der Waals surface area contributed by atoms with Gasteiger partial charge in [0.25, 0.3) is 5.91 Å². The zero-order valence-corrected chi connectivity index (χ0v) is 23.8. The van der Waals surface area contributed by atoms with Crippen LogP contribution in [-0.2, 0) is 11.5 Å². The summed E-state index contributed by atoms with van der Waals surface area (Å²) in [5, 5.41) is 17.3. The van der Waals surface area contributed by atoms with Crippen molar-refractivity contribution in [2.75, 3.05) is 29.9 Å². The molecule has 0 bridgehead atoms. The monoisotopic (exact) mass is 579 g/mol. The number of ether oxygens (including phenoxy) is 2. The van der Waals surface area contributed by atoms with Gasteiger partial charge in [-0.1, -0.05) is 19.6 Å². The normalized spacial score (nSPS) is 16.0. The highest BCUT2D eigenvalue weighted by Crippen LogP contribution is 2.32. The van der Waals surface area contributed by atoms with Gasteiger partial charge in [-0.25, -0.2) is 9.67 Å². The number of β-amino-alcohol motifs (C(OH)–C–C–N with tert-alkyl or cyclic N) is 1. The Morgan fingerprint density at radius 1 is 1.26 bits per heavy atom. The second-order valence-electron chi connectivity index (χ2n) is 10.6. The fraction of sp³-hybridized carbons (Fsp3) is 0.423. The first kappa shape index (κ1) is 28.9. The van der Waals surface area contributed by atoms with Crippen LogP contribution in [0.25, 0.3) is 11.3 Å². The number of pyridine rings is 1. The number of nitrogens with one attached hydrogen (secondary N) is 1. The summed E-state index contributed by atoms with van der Waals surface area (Å²) in [7, 11) is -1.24. The predicted molar refractivity (Wildman–Crippen MR) is 148 cm³/mol. The van der Waals surface area contributed by atoms with Crippen LogP contribution in [0.5, 0.6) is 5.75 Å². The van der Waals surface area contributed by atoms with Gasteiger partial charge in [-0.2, -0.15) is 5.10 Å². The molecule has 1 amide bonds. The smallest absolute Gasteiger partial charge is 0.420 e. The maximum Gasteiger partial charge on any atom is 0.487 e. The van der Waals surface area contributed by atoms with Crippen molar-refractivity contribution >= 4 is 37.1 Å². The standard InChI is InChI=1S/C26H32ClF2N5O4Si/c1-39(2,3)13-12-37-17-34-23(8-10-31-34)22-14-18(15-30-24(22)33-11-9-20(35)16-33)25(36)32-19-4-6-21(7-5-19)38-26(27,28)29/h4-8,10,14-15,20,35H,9,11-13,16-17H2,1-3H3,(H,32,36). The van der Waals surface area contributed by atoms with E-state index in [1.165, 1.54) is 30.5 Å². The van der Waals surface area contributed by atoms with Crippen molar-refractivity contribution in [1.82, 2.24) is 14.8 Å². The molecule has 1 atom stereocenters. The predicted octanol–water partition coefficient (Wildman–Crippen LogP) is 5.25. The molecule has 39 heavy (non-hydrogen) atoms. The van der Waals surface area contributed by atoms with Crippen LogP contribution in [0.4, 0.5) is 20.3 Å². The molecule has 0 radical (unpaired) electrons. The molecule has 1 saturated heterocycles. The highest BCUT2D eigenvalue weighted by molar-refractivity contribution is 6.76. The molecule has 1 fully saturated rings. The molecule has 1 aliphatic rings. The van der Waals surface area contributed by atoms with Gasteiger partial charge >= 0.3 is 5.57 Å². The van der Waals surface area contributed by atoms with Crippen LogP contribution in [0, 0.1) is 0 Å². The number of aliphatic hydroxyl groups is 1.